The topological polar surface area (TPSA) is 95.8 Å². The Morgan fingerprint density at radius 3 is 2.06 bits per heavy atom. The van der Waals surface area contributed by atoms with Crippen molar-refractivity contribution in [1.29, 1.82) is 0 Å². The standard InChI is InChI=1S/C27H24N2O5/c1-31-21-15-20-19(12-17(21)11-10-16-8-6-5-7-9-16)24(28)25(29-20)26(30)18-13-22(32-2)27(34-4)23(14-18)33-3/h5-9,12-15,29H,28H2,1-4H3. The second kappa shape index (κ2) is 9.51. The number of ether oxygens (including phenoxy) is 4. The Bertz CT molecular complexity index is 1400. The Morgan fingerprint density at radius 2 is 1.47 bits per heavy atom. The molecule has 0 aliphatic rings. The maximum atomic E-state index is 13.4. The van der Waals surface area contributed by atoms with Crippen LogP contribution in [-0.2, 0) is 0 Å². The molecule has 1 heterocycles. The Kier molecular flexibility index (Phi) is 6.33. The lowest BCUT2D eigenvalue weighted by atomic mass is 10.0. The number of benzene rings is 3. The predicted octanol–water partition coefficient (Wildman–Crippen LogP) is 4.42. The summed E-state index contributed by atoms with van der Waals surface area (Å²) in [6.07, 6.45) is 0. The van der Waals surface area contributed by atoms with Crippen LogP contribution in [0.2, 0.25) is 0 Å². The molecule has 3 N–H and O–H groups in total. The third-order valence-corrected chi connectivity index (χ3v) is 5.43. The van der Waals surface area contributed by atoms with Crippen LogP contribution in [0.3, 0.4) is 0 Å². The van der Waals surface area contributed by atoms with E-state index in [9.17, 15) is 4.79 Å². The van der Waals surface area contributed by atoms with Crippen LogP contribution < -0.4 is 24.7 Å². The number of H-pyrrole nitrogens is 1. The van der Waals surface area contributed by atoms with Gasteiger partial charge < -0.3 is 29.7 Å². The second-order valence-corrected chi connectivity index (χ2v) is 7.37. The average Bonchev–Trinajstić information content (AvgIpc) is 3.20. The maximum absolute atomic E-state index is 13.4. The monoisotopic (exact) mass is 456 g/mol. The summed E-state index contributed by atoms with van der Waals surface area (Å²) in [5.74, 6) is 7.67. The Morgan fingerprint density at radius 1 is 0.824 bits per heavy atom. The van der Waals surface area contributed by atoms with Crippen molar-refractivity contribution in [3.63, 3.8) is 0 Å². The van der Waals surface area contributed by atoms with Crippen molar-refractivity contribution >= 4 is 22.4 Å². The summed E-state index contributed by atoms with van der Waals surface area (Å²) in [4.78, 5) is 16.5. The molecule has 0 aliphatic carbocycles. The normalized spacial score (nSPS) is 10.4. The number of anilines is 1. The number of fused-ring (bicyclic) bond motifs is 1. The minimum atomic E-state index is -0.316. The molecule has 0 saturated heterocycles. The first-order valence-electron chi connectivity index (χ1n) is 10.4. The molecule has 7 nitrogen and oxygen atoms in total. The van der Waals surface area contributed by atoms with Gasteiger partial charge >= 0.3 is 0 Å². The third kappa shape index (κ3) is 4.09. The van der Waals surface area contributed by atoms with Crippen molar-refractivity contribution in [2.45, 2.75) is 0 Å². The number of carbonyl (C=O) groups excluding carboxylic acids is 1. The zero-order chi connectivity index (χ0) is 24.2. The molecular weight excluding hydrogens is 432 g/mol. The second-order valence-electron chi connectivity index (χ2n) is 7.37. The van der Waals surface area contributed by atoms with E-state index in [-0.39, 0.29) is 11.5 Å². The highest BCUT2D eigenvalue weighted by atomic mass is 16.5. The zero-order valence-corrected chi connectivity index (χ0v) is 19.3. The van der Waals surface area contributed by atoms with E-state index in [0.717, 1.165) is 5.56 Å². The molecule has 0 amide bonds. The van der Waals surface area contributed by atoms with Crippen molar-refractivity contribution in [2.75, 3.05) is 34.2 Å². The first-order valence-corrected chi connectivity index (χ1v) is 10.4. The fraction of sp³-hybridized carbons (Fsp3) is 0.148. The smallest absolute Gasteiger partial charge is 0.211 e. The highest BCUT2D eigenvalue weighted by Crippen LogP contribution is 2.39. The van der Waals surface area contributed by atoms with E-state index in [1.165, 1.54) is 21.3 Å². The molecule has 0 bridgehead atoms. The third-order valence-electron chi connectivity index (χ3n) is 5.43. The van der Waals surface area contributed by atoms with E-state index in [0.29, 0.717) is 50.7 Å². The molecule has 0 aliphatic heterocycles. The molecule has 1 aromatic heterocycles. The minimum absolute atomic E-state index is 0.250. The maximum Gasteiger partial charge on any atom is 0.211 e. The number of rotatable bonds is 6. The Hall–Kier alpha value is -4.57. The number of methoxy groups -OCH3 is 4. The van der Waals surface area contributed by atoms with Gasteiger partial charge in [-0.25, -0.2) is 0 Å². The summed E-state index contributed by atoms with van der Waals surface area (Å²) < 4.78 is 21.6. The quantitative estimate of drug-likeness (QED) is 0.330. The lowest BCUT2D eigenvalue weighted by molar-refractivity contribution is 0.103. The highest BCUT2D eigenvalue weighted by Gasteiger charge is 2.22. The summed E-state index contributed by atoms with van der Waals surface area (Å²) in [5, 5.41) is 0.675. The molecule has 0 fully saturated rings. The molecule has 4 rings (SSSR count). The summed E-state index contributed by atoms with van der Waals surface area (Å²) >= 11 is 0. The van der Waals surface area contributed by atoms with Gasteiger partial charge in [-0.1, -0.05) is 30.0 Å². The number of hydrogen-bond acceptors (Lipinski definition) is 6. The van der Waals surface area contributed by atoms with Gasteiger partial charge in [-0.2, -0.15) is 0 Å². The van der Waals surface area contributed by atoms with Crippen LogP contribution in [0, 0.1) is 11.8 Å². The number of nitrogens with one attached hydrogen (secondary N) is 1. The van der Waals surface area contributed by atoms with Gasteiger partial charge in [0.2, 0.25) is 11.5 Å². The van der Waals surface area contributed by atoms with Crippen molar-refractivity contribution in [3.05, 3.63) is 77.0 Å². The number of aromatic nitrogens is 1. The zero-order valence-electron chi connectivity index (χ0n) is 19.3. The van der Waals surface area contributed by atoms with Crippen LogP contribution in [0.25, 0.3) is 10.9 Å². The van der Waals surface area contributed by atoms with Crippen LogP contribution >= 0.6 is 0 Å². The number of nitrogen functional groups attached to an aromatic ring is 1. The largest absolute Gasteiger partial charge is 0.495 e. The van der Waals surface area contributed by atoms with Crippen LogP contribution in [-0.4, -0.2) is 39.2 Å². The molecule has 0 saturated carbocycles. The van der Waals surface area contributed by atoms with Crippen molar-refractivity contribution in [3.8, 4) is 34.8 Å². The summed E-state index contributed by atoms with van der Waals surface area (Å²) in [7, 11) is 6.06. The van der Waals surface area contributed by atoms with Crippen LogP contribution in [0.1, 0.15) is 27.2 Å². The molecule has 7 heteroatoms. The van der Waals surface area contributed by atoms with E-state index in [4.69, 9.17) is 24.7 Å². The van der Waals surface area contributed by atoms with Gasteiger partial charge in [0.05, 0.1) is 45.2 Å². The van der Waals surface area contributed by atoms with Gasteiger partial charge in [0.25, 0.3) is 0 Å². The summed E-state index contributed by atoms with van der Waals surface area (Å²) in [6, 6.07) is 16.4. The first-order chi connectivity index (χ1) is 16.5. The number of ketones is 1. The number of carbonyl (C=O) groups is 1. The highest BCUT2D eigenvalue weighted by molar-refractivity contribution is 6.16. The lowest BCUT2D eigenvalue weighted by Crippen LogP contribution is -2.06. The van der Waals surface area contributed by atoms with Crippen molar-refractivity contribution in [2.24, 2.45) is 0 Å². The fourth-order valence-corrected chi connectivity index (χ4v) is 3.71. The molecule has 4 aromatic rings. The van der Waals surface area contributed by atoms with Gasteiger partial charge in [-0.05, 0) is 30.3 Å². The van der Waals surface area contributed by atoms with Gasteiger partial charge in [0.1, 0.15) is 11.4 Å². The van der Waals surface area contributed by atoms with E-state index in [1.807, 2.05) is 36.4 Å². The number of aromatic amines is 1. The summed E-state index contributed by atoms with van der Waals surface area (Å²) in [6.45, 7) is 0. The van der Waals surface area contributed by atoms with Crippen LogP contribution in [0.15, 0.2) is 54.6 Å². The molecule has 34 heavy (non-hydrogen) atoms. The molecule has 0 unspecified atom stereocenters. The Labute approximate surface area is 197 Å². The Balaban J connectivity index is 1.80. The lowest BCUT2D eigenvalue weighted by Gasteiger charge is -2.13. The molecule has 172 valence electrons. The van der Waals surface area contributed by atoms with Gasteiger partial charge in [-0.15, -0.1) is 0 Å². The van der Waals surface area contributed by atoms with Crippen LogP contribution in [0.4, 0.5) is 5.69 Å². The molecule has 0 atom stereocenters. The molecule has 0 radical (unpaired) electrons. The minimum Gasteiger partial charge on any atom is -0.495 e. The van der Waals surface area contributed by atoms with Crippen molar-refractivity contribution < 1.29 is 23.7 Å². The summed E-state index contributed by atoms with van der Waals surface area (Å²) in [5.41, 5.74) is 9.52. The molecular formula is C27H24N2O5. The number of nitrogens with two attached hydrogens (primary N) is 1. The van der Waals surface area contributed by atoms with Gasteiger partial charge in [0.15, 0.2) is 11.5 Å². The molecule has 3 aromatic carbocycles. The number of hydrogen-bond donors (Lipinski definition) is 2. The van der Waals surface area contributed by atoms with Gasteiger partial charge in [-0.3, -0.25) is 4.79 Å². The van der Waals surface area contributed by atoms with Crippen LogP contribution in [0.5, 0.6) is 23.0 Å². The SMILES string of the molecule is COc1cc2[nH]c(C(=O)c3cc(OC)c(OC)c(OC)c3)c(N)c2cc1C#Cc1ccccc1. The van der Waals surface area contributed by atoms with Gasteiger partial charge in [0, 0.05) is 22.6 Å². The van der Waals surface area contributed by atoms with E-state index < -0.39 is 0 Å². The van der Waals surface area contributed by atoms with E-state index in [2.05, 4.69) is 16.8 Å². The van der Waals surface area contributed by atoms with E-state index >= 15 is 0 Å². The van der Waals surface area contributed by atoms with E-state index in [1.54, 1.807) is 25.3 Å². The van der Waals surface area contributed by atoms with Crippen molar-refractivity contribution in [1.82, 2.24) is 4.98 Å². The average molecular weight is 456 g/mol. The predicted molar refractivity (Wildman–Crippen MR) is 131 cm³/mol. The fourth-order valence-electron chi connectivity index (χ4n) is 3.71. The first kappa shape index (κ1) is 22.6. The molecule has 0 spiro atoms.